The van der Waals surface area contributed by atoms with Gasteiger partial charge in [0.15, 0.2) is 5.78 Å². The number of carbonyl (C=O) groups is 1. The first-order chi connectivity index (χ1) is 7.60. The fraction of sp³-hybridized carbons (Fsp3) is 0.583. The van der Waals surface area contributed by atoms with Gasteiger partial charge in [-0.2, -0.15) is 0 Å². The highest BCUT2D eigenvalue weighted by atomic mass is 79.9. The van der Waals surface area contributed by atoms with Gasteiger partial charge in [-0.1, -0.05) is 26.7 Å². The zero-order valence-corrected chi connectivity index (χ0v) is 12.0. The fourth-order valence-corrected chi connectivity index (χ4v) is 3.21. The molecular formula is C12H17BrO2S. The van der Waals surface area contributed by atoms with Crippen molar-refractivity contribution in [3.8, 4) is 0 Å². The molecule has 1 N–H and O–H groups in total. The number of Topliss-reactive ketones (excluding diaryl/α,β-unsaturated/α-hetero) is 1. The highest BCUT2D eigenvalue weighted by Gasteiger charge is 2.23. The maximum absolute atomic E-state index is 11.9. The van der Waals surface area contributed by atoms with Crippen LogP contribution in [0.1, 0.15) is 31.6 Å². The quantitative estimate of drug-likeness (QED) is 0.874. The van der Waals surface area contributed by atoms with Crippen LogP contribution >= 0.6 is 27.3 Å². The van der Waals surface area contributed by atoms with E-state index in [9.17, 15) is 9.90 Å². The molecule has 1 heterocycles. The minimum absolute atomic E-state index is 0.0724. The summed E-state index contributed by atoms with van der Waals surface area (Å²) >= 11 is 4.93. The van der Waals surface area contributed by atoms with Crippen molar-refractivity contribution in [1.29, 1.82) is 0 Å². The monoisotopic (exact) mass is 304 g/mol. The van der Waals surface area contributed by atoms with E-state index in [1.807, 2.05) is 25.3 Å². The Balaban J connectivity index is 2.62. The van der Waals surface area contributed by atoms with Gasteiger partial charge < -0.3 is 5.11 Å². The molecule has 2 nitrogen and oxygen atoms in total. The van der Waals surface area contributed by atoms with E-state index < -0.39 is 6.10 Å². The van der Waals surface area contributed by atoms with Crippen LogP contribution in [0.15, 0.2) is 15.9 Å². The molecule has 0 bridgehead atoms. The van der Waals surface area contributed by atoms with Gasteiger partial charge in [-0.15, -0.1) is 11.3 Å². The molecule has 4 heteroatoms. The highest BCUT2D eigenvalue weighted by molar-refractivity contribution is 9.10. The molecule has 0 fully saturated rings. The topological polar surface area (TPSA) is 37.3 Å². The lowest BCUT2D eigenvalue weighted by Crippen LogP contribution is -2.30. The molecule has 0 saturated carbocycles. The van der Waals surface area contributed by atoms with Crippen LogP contribution in [0.2, 0.25) is 0 Å². The predicted octanol–water partition coefficient (Wildman–Crippen LogP) is 3.42. The Morgan fingerprint density at radius 2 is 2.12 bits per heavy atom. The summed E-state index contributed by atoms with van der Waals surface area (Å²) in [5.74, 6) is 0.0167. The second kappa shape index (κ2) is 6.52. The molecule has 1 atom stereocenters. The van der Waals surface area contributed by atoms with E-state index >= 15 is 0 Å². The second-order valence-electron chi connectivity index (χ2n) is 3.86. The van der Waals surface area contributed by atoms with Crippen LogP contribution in [-0.4, -0.2) is 17.0 Å². The zero-order valence-electron chi connectivity index (χ0n) is 9.57. The average molecular weight is 305 g/mol. The predicted molar refractivity (Wildman–Crippen MR) is 70.8 cm³/mol. The van der Waals surface area contributed by atoms with E-state index in [0.717, 1.165) is 22.2 Å². The number of thiophene rings is 1. The molecular weight excluding hydrogens is 288 g/mol. The van der Waals surface area contributed by atoms with Gasteiger partial charge in [0.1, 0.15) is 6.10 Å². The van der Waals surface area contributed by atoms with Gasteiger partial charge >= 0.3 is 0 Å². The van der Waals surface area contributed by atoms with E-state index in [4.69, 9.17) is 0 Å². The van der Waals surface area contributed by atoms with Crippen molar-refractivity contribution in [2.45, 2.75) is 39.2 Å². The maximum Gasteiger partial charge on any atom is 0.166 e. The van der Waals surface area contributed by atoms with Gasteiger partial charge in [-0.25, -0.2) is 0 Å². The third-order valence-corrected chi connectivity index (χ3v) is 4.78. The van der Waals surface area contributed by atoms with Crippen molar-refractivity contribution in [2.24, 2.45) is 5.92 Å². The van der Waals surface area contributed by atoms with Gasteiger partial charge in [0.05, 0.1) is 0 Å². The van der Waals surface area contributed by atoms with Gasteiger partial charge in [-0.3, -0.25) is 4.79 Å². The number of carbonyl (C=O) groups excluding carboxylic acids is 1. The van der Waals surface area contributed by atoms with E-state index in [1.54, 1.807) is 11.3 Å². The van der Waals surface area contributed by atoms with Crippen LogP contribution in [0, 0.1) is 5.92 Å². The Labute approximate surface area is 109 Å². The number of ketones is 1. The van der Waals surface area contributed by atoms with Crippen LogP contribution in [0.5, 0.6) is 0 Å². The number of aliphatic hydroxyl groups excluding tert-OH is 1. The standard InChI is InChI=1S/C12H17BrO2S/c1-3-8(4-2)12(15)10(14)7-11-9(13)5-6-16-11/h5-6,8,12,15H,3-4,7H2,1-2H3. The molecule has 0 saturated heterocycles. The Morgan fingerprint density at radius 1 is 1.50 bits per heavy atom. The first-order valence-corrected chi connectivity index (χ1v) is 7.20. The molecule has 1 unspecified atom stereocenters. The Hall–Kier alpha value is -0.190. The Morgan fingerprint density at radius 3 is 2.56 bits per heavy atom. The molecule has 1 rings (SSSR count). The van der Waals surface area contributed by atoms with Crippen molar-refractivity contribution in [1.82, 2.24) is 0 Å². The molecule has 90 valence electrons. The maximum atomic E-state index is 11.9. The van der Waals surface area contributed by atoms with Crippen molar-refractivity contribution in [2.75, 3.05) is 0 Å². The molecule has 0 spiro atoms. The molecule has 0 aliphatic rings. The summed E-state index contributed by atoms with van der Waals surface area (Å²) in [6, 6.07) is 1.93. The summed E-state index contributed by atoms with van der Waals surface area (Å²) in [6.45, 7) is 4.01. The molecule has 0 aliphatic heterocycles. The van der Waals surface area contributed by atoms with Crippen LogP contribution in [-0.2, 0) is 11.2 Å². The van der Waals surface area contributed by atoms with Crippen molar-refractivity contribution < 1.29 is 9.90 Å². The molecule has 16 heavy (non-hydrogen) atoms. The van der Waals surface area contributed by atoms with Gasteiger partial charge in [0, 0.05) is 15.8 Å². The third kappa shape index (κ3) is 3.40. The summed E-state index contributed by atoms with van der Waals surface area (Å²) in [4.78, 5) is 12.9. The van der Waals surface area contributed by atoms with Crippen LogP contribution in [0.25, 0.3) is 0 Å². The zero-order chi connectivity index (χ0) is 12.1. The number of hydrogen-bond acceptors (Lipinski definition) is 3. The molecule has 0 aliphatic carbocycles. The highest BCUT2D eigenvalue weighted by Crippen LogP contribution is 2.24. The number of aliphatic hydroxyl groups is 1. The first-order valence-electron chi connectivity index (χ1n) is 5.52. The molecule has 1 aromatic heterocycles. The van der Waals surface area contributed by atoms with Crippen molar-refractivity contribution >= 4 is 33.0 Å². The smallest absolute Gasteiger partial charge is 0.166 e. The Bertz CT molecular complexity index is 345. The largest absolute Gasteiger partial charge is 0.385 e. The lowest BCUT2D eigenvalue weighted by atomic mass is 9.92. The summed E-state index contributed by atoms with van der Waals surface area (Å²) in [6.07, 6.45) is 1.20. The lowest BCUT2D eigenvalue weighted by molar-refractivity contribution is -0.129. The first kappa shape index (κ1) is 13.9. The third-order valence-electron chi connectivity index (χ3n) is 2.85. The van der Waals surface area contributed by atoms with Crippen LogP contribution in [0.4, 0.5) is 0 Å². The van der Waals surface area contributed by atoms with Gasteiger partial charge in [0.25, 0.3) is 0 Å². The minimum atomic E-state index is -0.816. The molecule has 1 aromatic rings. The fourth-order valence-electron chi connectivity index (χ4n) is 1.71. The number of halogens is 1. The SMILES string of the molecule is CCC(CC)C(O)C(=O)Cc1sccc1Br. The molecule has 0 aromatic carbocycles. The van der Waals surface area contributed by atoms with E-state index in [2.05, 4.69) is 15.9 Å². The van der Waals surface area contributed by atoms with Crippen molar-refractivity contribution in [3.63, 3.8) is 0 Å². The van der Waals surface area contributed by atoms with Crippen molar-refractivity contribution in [3.05, 3.63) is 20.8 Å². The summed E-state index contributed by atoms with van der Waals surface area (Å²) in [7, 11) is 0. The number of hydrogen-bond donors (Lipinski definition) is 1. The number of rotatable bonds is 6. The minimum Gasteiger partial charge on any atom is -0.385 e. The van der Waals surface area contributed by atoms with E-state index in [0.29, 0.717) is 6.42 Å². The second-order valence-corrected chi connectivity index (χ2v) is 5.71. The average Bonchev–Trinajstić information content (AvgIpc) is 2.66. The Kier molecular flexibility index (Phi) is 5.66. The summed E-state index contributed by atoms with van der Waals surface area (Å²) in [5.41, 5.74) is 0. The molecule has 0 amide bonds. The van der Waals surface area contributed by atoms with Gasteiger partial charge in [-0.05, 0) is 33.3 Å². The summed E-state index contributed by atoms with van der Waals surface area (Å²) < 4.78 is 0.961. The molecule has 0 radical (unpaired) electrons. The summed E-state index contributed by atoms with van der Waals surface area (Å²) in [5, 5.41) is 11.8. The van der Waals surface area contributed by atoms with Crippen LogP contribution < -0.4 is 0 Å². The lowest BCUT2D eigenvalue weighted by Gasteiger charge is -2.18. The van der Waals surface area contributed by atoms with Crippen LogP contribution in [0.3, 0.4) is 0 Å². The van der Waals surface area contributed by atoms with Gasteiger partial charge in [0.2, 0.25) is 0 Å². The van der Waals surface area contributed by atoms with E-state index in [-0.39, 0.29) is 11.7 Å². The normalized spacial score (nSPS) is 13.1. The van der Waals surface area contributed by atoms with E-state index in [1.165, 1.54) is 0 Å².